The summed E-state index contributed by atoms with van der Waals surface area (Å²) in [6.45, 7) is 8.04. The van der Waals surface area contributed by atoms with Crippen LogP contribution in [0.25, 0.3) is 0 Å². The molecule has 1 spiro atoms. The zero-order chi connectivity index (χ0) is 15.3. The lowest BCUT2D eigenvalue weighted by atomic mass is 9.68. The second-order valence-electron chi connectivity index (χ2n) is 8.16. The van der Waals surface area contributed by atoms with Gasteiger partial charge >= 0.3 is 0 Å². The molecule has 0 amide bonds. The SMILES string of the molecule is CC(C)(CCCCN1CCC2(CCCCC2)CC1)C(=N)N. The van der Waals surface area contributed by atoms with Crippen LogP contribution in [-0.4, -0.2) is 30.4 Å². The molecule has 0 aromatic rings. The van der Waals surface area contributed by atoms with Gasteiger partial charge in [-0.15, -0.1) is 0 Å². The molecule has 0 atom stereocenters. The van der Waals surface area contributed by atoms with Crippen LogP contribution in [0.2, 0.25) is 0 Å². The summed E-state index contributed by atoms with van der Waals surface area (Å²) < 4.78 is 0. The standard InChI is InChI=1S/C18H35N3/c1-17(2,16(19)20)8-6-7-13-21-14-11-18(12-15-21)9-4-3-5-10-18/h3-15H2,1-2H3,(H3,19,20). The third kappa shape index (κ3) is 4.70. The highest BCUT2D eigenvalue weighted by Gasteiger charge is 2.35. The van der Waals surface area contributed by atoms with Crippen molar-refractivity contribution in [3.63, 3.8) is 0 Å². The Morgan fingerprint density at radius 3 is 2.24 bits per heavy atom. The van der Waals surface area contributed by atoms with Crippen LogP contribution in [-0.2, 0) is 0 Å². The Bertz CT molecular complexity index is 332. The van der Waals surface area contributed by atoms with Gasteiger partial charge in [-0.25, -0.2) is 0 Å². The number of rotatable bonds is 6. The highest BCUT2D eigenvalue weighted by Crippen LogP contribution is 2.44. The second kappa shape index (κ2) is 7.13. The van der Waals surface area contributed by atoms with Crippen molar-refractivity contribution in [1.29, 1.82) is 5.41 Å². The van der Waals surface area contributed by atoms with Crippen LogP contribution < -0.4 is 5.73 Å². The lowest BCUT2D eigenvalue weighted by Crippen LogP contribution is -2.41. The average Bonchev–Trinajstić information content (AvgIpc) is 2.46. The van der Waals surface area contributed by atoms with E-state index in [0.717, 1.165) is 11.8 Å². The first kappa shape index (κ1) is 16.8. The summed E-state index contributed by atoms with van der Waals surface area (Å²) in [5.41, 5.74) is 6.26. The van der Waals surface area contributed by atoms with Crippen LogP contribution in [0.15, 0.2) is 0 Å². The van der Waals surface area contributed by atoms with Gasteiger partial charge in [0.05, 0.1) is 5.84 Å². The molecule has 1 saturated carbocycles. The molecule has 0 aromatic heterocycles. The molecule has 1 aliphatic heterocycles. The smallest absolute Gasteiger partial charge is 0.0963 e. The van der Waals surface area contributed by atoms with E-state index in [0.29, 0.717) is 5.84 Å². The Labute approximate surface area is 131 Å². The van der Waals surface area contributed by atoms with Crippen molar-refractivity contribution in [2.75, 3.05) is 19.6 Å². The molecule has 0 bridgehead atoms. The number of nitrogens with two attached hydrogens (primary N) is 1. The van der Waals surface area contributed by atoms with Crippen LogP contribution in [0.3, 0.4) is 0 Å². The molecule has 1 saturated heterocycles. The molecule has 0 unspecified atom stereocenters. The maximum absolute atomic E-state index is 7.61. The van der Waals surface area contributed by atoms with E-state index < -0.39 is 0 Å². The number of piperidine rings is 1. The van der Waals surface area contributed by atoms with Crippen LogP contribution in [0.5, 0.6) is 0 Å². The minimum absolute atomic E-state index is 0.117. The quantitative estimate of drug-likeness (QED) is 0.439. The van der Waals surface area contributed by atoms with E-state index >= 15 is 0 Å². The van der Waals surface area contributed by atoms with Gasteiger partial charge in [0.2, 0.25) is 0 Å². The Hall–Kier alpha value is -0.570. The number of nitrogens with one attached hydrogen (secondary N) is 1. The van der Waals surface area contributed by atoms with Gasteiger partial charge in [-0.1, -0.05) is 39.5 Å². The zero-order valence-corrected chi connectivity index (χ0v) is 14.2. The van der Waals surface area contributed by atoms with E-state index in [1.807, 2.05) is 0 Å². The highest BCUT2D eigenvalue weighted by molar-refractivity contribution is 5.82. The molecule has 3 N–H and O–H groups in total. The van der Waals surface area contributed by atoms with Crippen LogP contribution in [0.4, 0.5) is 0 Å². The highest BCUT2D eigenvalue weighted by atomic mass is 15.1. The summed E-state index contributed by atoms with van der Waals surface area (Å²) >= 11 is 0. The Balaban J connectivity index is 1.62. The summed E-state index contributed by atoms with van der Waals surface area (Å²) in [6, 6.07) is 0. The molecule has 122 valence electrons. The minimum atomic E-state index is -0.117. The number of amidine groups is 1. The fraction of sp³-hybridized carbons (Fsp3) is 0.944. The topological polar surface area (TPSA) is 53.1 Å². The summed E-state index contributed by atoms with van der Waals surface area (Å²) in [5, 5.41) is 7.61. The molecule has 1 heterocycles. The predicted octanol–water partition coefficient (Wildman–Crippen LogP) is 4.17. The fourth-order valence-corrected chi connectivity index (χ4v) is 4.09. The number of likely N-dealkylation sites (tertiary alicyclic amines) is 1. The molecule has 1 aliphatic carbocycles. The molecule has 2 rings (SSSR count). The first-order valence-electron chi connectivity index (χ1n) is 9.01. The molecule has 21 heavy (non-hydrogen) atoms. The van der Waals surface area contributed by atoms with Crippen molar-refractivity contribution in [3.05, 3.63) is 0 Å². The second-order valence-corrected chi connectivity index (χ2v) is 8.16. The maximum Gasteiger partial charge on any atom is 0.0963 e. The summed E-state index contributed by atoms with van der Waals surface area (Å²) in [7, 11) is 0. The van der Waals surface area contributed by atoms with Crippen molar-refractivity contribution in [3.8, 4) is 0 Å². The van der Waals surface area contributed by atoms with Crippen molar-refractivity contribution in [2.24, 2.45) is 16.6 Å². The maximum atomic E-state index is 7.61. The van der Waals surface area contributed by atoms with Crippen LogP contribution >= 0.6 is 0 Å². The van der Waals surface area contributed by atoms with Crippen molar-refractivity contribution in [2.45, 2.75) is 78.1 Å². The number of hydrogen-bond donors (Lipinski definition) is 2. The van der Waals surface area contributed by atoms with E-state index in [4.69, 9.17) is 11.1 Å². The minimum Gasteiger partial charge on any atom is -0.387 e. The lowest BCUT2D eigenvalue weighted by Gasteiger charge is -2.44. The van der Waals surface area contributed by atoms with Gasteiger partial charge in [-0.3, -0.25) is 5.41 Å². The van der Waals surface area contributed by atoms with E-state index in [-0.39, 0.29) is 5.41 Å². The average molecular weight is 293 g/mol. The predicted molar refractivity (Wildman–Crippen MR) is 90.7 cm³/mol. The number of hydrogen-bond acceptors (Lipinski definition) is 2. The Morgan fingerprint density at radius 1 is 1.05 bits per heavy atom. The zero-order valence-electron chi connectivity index (χ0n) is 14.2. The number of nitrogens with zero attached hydrogens (tertiary/aromatic N) is 1. The first-order chi connectivity index (χ1) is 9.94. The van der Waals surface area contributed by atoms with Crippen molar-refractivity contribution >= 4 is 5.84 Å². The van der Waals surface area contributed by atoms with Gasteiger partial charge in [0.1, 0.15) is 0 Å². The molecule has 0 radical (unpaired) electrons. The normalized spacial score (nSPS) is 23.3. The molecular formula is C18H35N3. The largest absolute Gasteiger partial charge is 0.387 e. The van der Waals surface area contributed by atoms with Crippen LogP contribution in [0.1, 0.15) is 78.1 Å². The Morgan fingerprint density at radius 2 is 1.67 bits per heavy atom. The summed E-state index contributed by atoms with van der Waals surface area (Å²) in [6.07, 6.45) is 13.8. The van der Waals surface area contributed by atoms with Gasteiger partial charge in [-0.2, -0.15) is 0 Å². The monoisotopic (exact) mass is 293 g/mol. The third-order valence-corrected chi connectivity index (χ3v) is 6.09. The van der Waals surface area contributed by atoms with Crippen LogP contribution in [0, 0.1) is 16.2 Å². The molecule has 2 aliphatic rings. The van der Waals surface area contributed by atoms with Crippen molar-refractivity contribution in [1.82, 2.24) is 4.90 Å². The van der Waals surface area contributed by atoms with Gasteiger partial charge in [-0.05, 0) is 63.6 Å². The van der Waals surface area contributed by atoms with E-state index in [2.05, 4.69) is 18.7 Å². The first-order valence-corrected chi connectivity index (χ1v) is 9.01. The van der Waals surface area contributed by atoms with E-state index in [9.17, 15) is 0 Å². The molecule has 2 fully saturated rings. The van der Waals surface area contributed by atoms with Gasteiger partial charge in [0, 0.05) is 5.41 Å². The van der Waals surface area contributed by atoms with Crippen molar-refractivity contribution < 1.29 is 0 Å². The van der Waals surface area contributed by atoms with E-state index in [1.165, 1.54) is 77.4 Å². The number of unbranched alkanes of at least 4 members (excludes halogenated alkanes) is 1. The molecular weight excluding hydrogens is 258 g/mol. The molecule has 3 nitrogen and oxygen atoms in total. The van der Waals surface area contributed by atoms with Gasteiger partial charge < -0.3 is 10.6 Å². The molecule has 3 heteroatoms. The lowest BCUT2D eigenvalue weighted by molar-refractivity contribution is 0.0667. The fourth-order valence-electron chi connectivity index (χ4n) is 4.09. The van der Waals surface area contributed by atoms with Gasteiger partial charge in [0.15, 0.2) is 0 Å². The molecule has 0 aromatic carbocycles. The third-order valence-electron chi connectivity index (χ3n) is 6.09. The summed E-state index contributed by atoms with van der Waals surface area (Å²) in [5.74, 6) is 0.333. The van der Waals surface area contributed by atoms with E-state index in [1.54, 1.807) is 0 Å². The summed E-state index contributed by atoms with van der Waals surface area (Å²) in [4.78, 5) is 2.67. The van der Waals surface area contributed by atoms with Gasteiger partial charge in [0.25, 0.3) is 0 Å². The Kier molecular flexibility index (Phi) is 5.70.